The van der Waals surface area contributed by atoms with Gasteiger partial charge < -0.3 is 14.6 Å². The fraction of sp³-hybridized carbons (Fsp3) is 0.515. The second-order valence-electron chi connectivity index (χ2n) is 11.5. The summed E-state index contributed by atoms with van der Waals surface area (Å²) in [6, 6.07) is 10.2. The number of nitrogens with zero attached hydrogens (tertiary/aromatic N) is 4. The van der Waals surface area contributed by atoms with Gasteiger partial charge in [-0.3, -0.25) is 24.5 Å². The molecule has 3 aromatic rings. The van der Waals surface area contributed by atoms with E-state index in [9.17, 15) is 9.59 Å². The number of fused-ring (bicyclic) bond motifs is 1. The summed E-state index contributed by atoms with van der Waals surface area (Å²) in [6.07, 6.45) is 13.9. The Balaban J connectivity index is 0.000000670. The minimum Gasteiger partial charge on any atom is -0.476 e. The maximum absolute atomic E-state index is 13.3. The van der Waals surface area contributed by atoms with E-state index in [1.54, 1.807) is 12.3 Å². The first kappa shape index (κ1) is 33.5. The summed E-state index contributed by atoms with van der Waals surface area (Å²) in [5.41, 5.74) is 2.33. The van der Waals surface area contributed by atoms with Crippen molar-refractivity contribution in [1.29, 1.82) is 0 Å². The smallest absolute Gasteiger partial charge is 0.258 e. The Morgan fingerprint density at radius 2 is 1.91 bits per heavy atom. The molecule has 2 fully saturated rings. The summed E-state index contributed by atoms with van der Waals surface area (Å²) in [5, 5.41) is 5.63. The number of aromatic nitrogens is 3. The number of carbonyl (C=O) groups excluding carboxylic acids is 2. The number of amides is 2. The molecule has 11 heteroatoms. The molecule has 3 heterocycles. The lowest BCUT2D eigenvalue weighted by molar-refractivity contribution is -0.109. The third kappa shape index (κ3) is 10.1. The van der Waals surface area contributed by atoms with Crippen LogP contribution < -0.4 is 20.1 Å². The highest BCUT2D eigenvalue weighted by atomic mass is 32.2. The molecule has 238 valence electrons. The van der Waals surface area contributed by atoms with E-state index in [-0.39, 0.29) is 18.0 Å². The van der Waals surface area contributed by atoms with Crippen molar-refractivity contribution in [2.45, 2.75) is 82.2 Å². The largest absolute Gasteiger partial charge is 0.476 e. The Labute approximate surface area is 265 Å². The number of imidazole rings is 1. The minimum absolute atomic E-state index is 0.172. The highest BCUT2D eigenvalue weighted by Gasteiger charge is 2.24. The lowest BCUT2D eigenvalue weighted by Crippen LogP contribution is -2.33. The zero-order valence-electron chi connectivity index (χ0n) is 26.1. The molecule has 2 aromatic heterocycles. The Bertz CT molecular complexity index is 1350. The molecule has 2 amide bonds. The zero-order valence-corrected chi connectivity index (χ0v) is 26.9. The van der Waals surface area contributed by atoms with Gasteiger partial charge in [0.05, 0.1) is 11.7 Å². The maximum Gasteiger partial charge on any atom is 0.258 e. The number of anilines is 1. The number of rotatable bonds is 13. The van der Waals surface area contributed by atoms with Gasteiger partial charge in [-0.1, -0.05) is 37.8 Å². The van der Waals surface area contributed by atoms with Crippen LogP contribution in [0.3, 0.4) is 0 Å². The number of nitrogens with one attached hydrogen (secondary N) is 3. The number of carbonyl (C=O) groups is 2. The van der Waals surface area contributed by atoms with Crippen LogP contribution in [0.2, 0.25) is 0 Å². The number of hydrogen-bond acceptors (Lipinski definition) is 8. The first-order valence-electron chi connectivity index (χ1n) is 15.8. The molecule has 1 saturated heterocycles. The SMILES string of the molecule is C=CCNSc1cccc(C(=O)Nc2nc3cnc(OCCN4CCCCC4)cc3n2C2CCCCC2)c1.CC(C)NC=O. The van der Waals surface area contributed by atoms with Gasteiger partial charge in [-0.05, 0) is 82.8 Å². The van der Waals surface area contributed by atoms with Crippen LogP contribution in [-0.4, -0.2) is 70.6 Å². The molecule has 0 atom stereocenters. The summed E-state index contributed by atoms with van der Waals surface area (Å²) in [5.74, 6) is 1.02. The van der Waals surface area contributed by atoms with Gasteiger partial charge in [0, 0.05) is 41.7 Å². The number of pyridine rings is 1. The van der Waals surface area contributed by atoms with Crippen molar-refractivity contribution in [1.82, 2.24) is 29.5 Å². The Morgan fingerprint density at radius 3 is 2.61 bits per heavy atom. The molecule has 3 N–H and O–H groups in total. The van der Waals surface area contributed by atoms with Crippen molar-refractivity contribution in [3.63, 3.8) is 0 Å². The number of likely N-dealkylation sites (tertiary alicyclic amines) is 1. The van der Waals surface area contributed by atoms with Crippen molar-refractivity contribution >= 4 is 41.2 Å². The number of hydrogen-bond donors (Lipinski definition) is 3. The lowest BCUT2D eigenvalue weighted by Gasteiger charge is -2.26. The van der Waals surface area contributed by atoms with Gasteiger partial charge in [-0.25, -0.2) is 9.97 Å². The summed E-state index contributed by atoms with van der Waals surface area (Å²) in [6.45, 7) is 12.1. The molecule has 0 unspecified atom stereocenters. The molecule has 10 nitrogen and oxygen atoms in total. The summed E-state index contributed by atoms with van der Waals surface area (Å²) in [4.78, 5) is 35.6. The van der Waals surface area contributed by atoms with Crippen LogP contribution in [-0.2, 0) is 4.79 Å². The van der Waals surface area contributed by atoms with Crippen LogP contribution in [0.4, 0.5) is 5.95 Å². The van der Waals surface area contributed by atoms with E-state index in [2.05, 4.69) is 36.4 Å². The average Bonchev–Trinajstić information content (AvgIpc) is 3.39. The van der Waals surface area contributed by atoms with Crippen LogP contribution in [0, 0.1) is 0 Å². The van der Waals surface area contributed by atoms with Gasteiger partial charge in [0.1, 0.15) is 12.1 Å². The molecule has 44 heavy (non-hydrogen) atoms. The highest BCUT2D eigenvalue weighted by Crippen LogP contribution is 2.35. The molecule has 5 rings (SSSR count). The zero-order chi connectivity index (χ0) is 31.1. The van der Waals surface area contributed by atoms with Gasteiger partial charge in [-0.15, -0.1) is 6.58 Å². The quantitative estimate of drug-likeness (QED) is 0.0925. The molecule has 1 aromatic carbocycles. The fourth-order valence-corrected chi connectivity index (χ4v) is 6.21. The van der Waals surface area contributed by atoms with Crippen molar-refractivity contribution < 1.29 is 14.3 Å². The molecule has 1 aliphatic heterocycles. The van der Waals surface area contributed by atoms with E-state index in [1.807, 2.05) is 44.2 Å². The molecule has 1 aliphatic carbocycles. The molecule has 0 bridgehead atoms. The van der Waals surface area contributed by atoms with E-state index >= 15 is 0 Å². The predicted octanol–water partition coefficient (Wildman–Crippen LogP) is 5.98. The van der Waals surface area contributed by atoms with E-state index < -0.39 is 0 Å². The molecule has 0 spiro atoms. The van der Waals surface area contributed by atoms with Crippen LogP contribution in [0.5, 0.6) is 5.88 Å². The molecular weight excluding hydrogens is 574 g/mol. The molecule has 2 aliphatic rings. The van der Waals surface area contributed by atoms with Crippen LogP contribution in [0.1, 0.15) is 81.6 Å². The van der Waals surface area contributed by atoms with Crippen LogP contribution in [0.25, 0.3) is 11.0 Å². The molecular formula is C33H47N7O3S. The normalized spacial score (nSPS) is 15.8. The first-order chi connectivity index (χ1) is 21.5. The van der Waals surface area contributed by atoms with Crippen molar-refractivity contribution in [2.24, 2.45) is 0 Å². The minimum atomic E-state index is -0.172. The van der Waals surface area contributed by atoms with Crippen molar-refractivity contribution in [3.05, 3.63) is 54.7 Å². The van der Waals surface area contributed by atoms with Gasteiger partial charge in [0.2, 0.25) is 18.2 Å². The highest BCUT2D eigenvalue weighted by molar-refractivity contribution is 7.97. The molecule has 1 saturated carbocycles. The summed E-state index contributed by atoms with van der Waals surface area (Å²) < 4.78 is 11.5. The van der Waals surface area contributed by atoms with Crippen LogP contribution >= 0.6 is 11.9 Å². The van der Waals surface area contributed by atoms with E-state index in [0.29, 0.717) is 37.0 Å². The topological polar surface area (TPSA) is 113 Å². The standard InChI is InChI=1S/C29H38N6O2S.C4H9NO/c1-2-14-31-38-24-13-9-10-22(19-24)28(36)33-29-32-25-21-30-27(37-18-17-34-15-7-4-8-16-34)20-26(25)35(29)23-11-5-3-6-12-23;1-4(2)5-3-6/h2,9-10,13,19-21,23,31H,1,3-8,11-12,14-18H2,(H,32,33,36);3-4H,1-2H3,(H,5,6). The van der Waals surface area contributed by atoms with E-state index in [1.165, 1.54) is 50.5 Å². The average molecular weight is 622 g/mol. The summed E-state index contributed by atoms with van der Waals surface area (Å²) >= 11 is 1.48. The fourth-order valence-electron chi connectivity index (χ4n) is 5.51. The van der Waals surface area contributed by atoms with E-state index in [4.69, 9.17) is 9.72 Å². The summed E-state index contributed by atoms with van der Waals surface area (Å²) in [7, 11) is 0. The Morgan fingerprint density at radius 1 is 1.14 bits per heavy atom. The lowest BCUT2D eigenvalue weighted by atomic mass is 9.95. The Kier molecular flexibility index (Phi) is 13.5. The second kappa shape index (κ2) is 17.8. The van der Waals surface area contributed by atoms with Crippen molar-refractivity contribution in [3.8, 4) is 5.88 Å². The van der Waals surface area contributed by atoms with Gasteiger partial charge in [0.25, 0.3) is 5.91 Å². The third-order valence-corrected chi connectivity index (χ3v) is 8.54. The number of ether oxygens (including phenoxy) is 1. The predicted molar refractivity (Wildman–Crippen MR) is 178 cm³/mol. The first-order valence-corrected chi connectivity index (χ1v) is 16.6. The molecule has 0 radical (unpaired) electrons. The van der Waals surface area contributed by atoms with Gasteiger partial charge >= 0.3 is 0 Å². The monoisotopic (exact) mass is 621 g/mol. The third-order valence-electron chi connectivity index (χ3n) is 7.74. The van der Waals surface area contributed by atoms with Gasteiger partial charge in [-0.2, -0.15) is 0 Å². The van der Waals surface area contributed by atoms with E-state index in [0.717, 1.165) is 48.4 Å². The Hall–Kier alpha value is -3.41. The second-order valence-corrected chi connectivity index (χ2v) is 12.5. The maximum atomic E-state index is 13.3. The number of benzene rings is 1. The van der Waals surface area contributed by atoms with Crippen molar-refractivity contribution in [2.75, 3.05) is 38.1 Å². The van der Waals surface area contributed by atoms with Crippen LogP contribution in [0.15, 0.2) is 54.1 Å². The number of piperidine rings is 1. The van der Waals surface area contributed by atoms with Gasteiger partial charge in [0.15, 0.2) is 0 Å².